The summed E-state index contributed by atoms with van der Waals surface area (Å²) in [5.74, 6) is -2.48. The van der Waals surface area contributed by atoms with E-state index in [1.807, 2.05) is 0 Å². The number of methoxy groups -OCH3 is 2. The first-order valence-electron chi connectivity index (χ1n) is 7.70. The van der Waals surface area contributed by atoms with E-state index in [2.05, 4.69) is 15.3 Å². The zero-order valence-electron chi connectivity index (χ0n) is 15.2. The summed E-state index contributed by atoms with van der Waals surface area (Å²) in [7, 11) is -1.79. The average Bonchev–Trinajstić information content (AvgIpc) is 2.61. The van der Waals surface area contributed by atoms with Crippen LogP contribution in [-0.2, 0) is 14.8 Å². The molecule has 0 aliphatic rings. The van der Waals surface area contributed by atoms with Crippen molar-refractivity contribution in [1.29, 1.82) is 0 Å². The van der Waals surface area contributed by atoms with E-state index in [0.29, 0.717) is 0 Å². The molecule has 0 bridgehead atoms. The Morgan fingerprint density at radius 1 is 1.18 bits per heavy atom. The van der Waals surface area contributed by atoms with Gasteiger partial charge in [0.25, 0.3) is 5.91 Å². The van der Waals surface area contributed by atoms with Crippen LogP contribution in [-0.4, -0.2) is 49.6 Å². The van der Waals surface area contributed by atoms with Gasteiger partial charge in [0.2, 0.25) is 27.7 Å². The van der Waals surface area contributed by atoms with Crippen molar-refractivity contribution in [3.05, 3.63) is 41.0 Å². The van der Waals surface area contributed by atoms with Gasteiger partial charge in [-0.3, -0.25) is 10.1 Å². The van der Waals surface area contributed by atoms with Crippen LogP contribution in [0.25, 0.3) is 0 Å². The van der Waals surface area contributed by atoms with E-state index in [9.17, 15) is 23.1 Å². The Bertz CT molecular complexity index is 1000. The number of carbonyl (C=O) groups excluding carboxylic acids is 1. The number of primary sulfonamides is 1. The number of sulfonamides is 1. The monoisotopic (exact) mass is 410 g/mol. The first-order valence-corrected chi connectivity index (χ1v) is 9.31. The fraction of sp³-hybridized carbons (Fsp3) is 0.250. The third-order valence-electron chi connectivity index (χ3n) is 3.79. The molecule has 0 aliphatic heterocycles. The maximum atomic E-state index is 12.7. The molecule has 0 aliphatic carbocycles. The summed E-state index contributed by atoms with van der Waals surface area (Å²) < 4.78 is 34.2. The molecular weight excluding hydrogens is 392 g/mol. The molecule has 28 heavy (non-hydrogen) atoms. The maximum Gasteiger partial charge on any atom is 0.335 e. The lowest BCUT2D eigenvalue weighted by atomic mass is 9.99. The molecule has 11 nitrogen and oxygen atoms in total. The molecule has 1 aromatic carbocycles. The van der Waals surface area contributed by atoms with Crippen molar-refractivity contribution in [3.63, 3.8) is 0 Å². The topological polar surface area (TPSA) is 171 Å². The van der Waals surface area contributed by atoms with Crippen molar-refractivity contribution >= 4 is 27.8 Å². The SMILES string of the molecule is COc1cc(OC)nc(NC(=O)C(c2cccc(C(=O)O)c2C)S(N)(=O)=O)n1. The van der Waals surface area contributed by atoms with Crippen molar-refractivity contribution in [2.45, 2.75) is 12.2 Å². The number of nitrogens with two attached hydrogens (primary N) is 1. The number of amides is 1. The molecule has 1 atom stereocenters. The van der Waals surface area contributed by atoms with Crippen LogP contribution in [0.4, 0.5) is 5.95 Å². The molecule has 0 radical (unpaired) electrons. The predicted molar refractivity (Wildman–Crippen MR) is 97.8 cm³/mol. The Hall–Kier alpha value is -3.25. The summed E-state index contributed by atoms with van der Waals surface area (Å²) in [6.07, 6.45) is 0. The number of carboxylic acid groups (broad SMARTS) is 1. The third-order valence-corrected chi connectivity index (χ3v) is 4.91. The van der Waals surface area contributed by atoms with Gasteiger partial charge in [0.05, 0.1) is 25.8 Å². The number of hydrogen-bond donors (Lipinski definition) is 3. The highest BCUT2D eigenvalue weighted by molar-refractivity contribution is 7.90. The van der Waals surface area contributed by atoms with Crippen molar-refractivity contribution in [1.82, 2.24) is 9.97 Å². The molecule has 2 aromatic rings. The van der Waals surface area contributed by atoms with E-state index in [0.717, 1.165) is 0 Å². The number of hydrogen-bond acceptors (Lipinski definition) is 8. The van der Waals surface area contributed by atoms with Crippen molar-refractivity contribution < 1.29 is 32.6 Å². The summed E-state index contributed by atoms with van der Waals surface area (Å²) in [6, 6.07) is 5.27. The molecule has 1 heterocycles. The Morgan fingerprint density at radius 3 is 2.21 bits per heavy atom. The number of ether oxygens (including phenoxy) is 2. The van der Waals surface area contributed by atoms with Gasteiger partial charge in [0.1, 0.15) is 0 Å². The average molecular weight is 410 g/mol. The lowest BCUT2D eigenvalue weighted by Gasteiger charge is -2.18. The lowest BCUT2D eigenvalue weighted by Crippen LogP contribution is -2.33. The molecule has 2 rings (SSSR count). The minimum atomic E-state index is -4.46. The van der Waals surface area contributed by atoms with Gasteiger partial charge in [0.15, 0.2) is 5.25 Å². The number of nitrogens with zero attached hydrogens (tertiary/aromatic N) is 2. The van der Waals surface area contributed by atoms with Crippen molar-refractivity contribution in [2.75, 3.05) is 19.5 Å². The number of anilines is 1. The minimum absolute atomic E-state index is 0.0679. The molecule has 1 unspecified atom stereocenters. The molecule has 0 spiro atoms. The third kappa shape index (κ3) is 4.53. The number of nitrogens with one attached hydrogen (secondary N) is 1. The van der Waals surface area contributed by atoms with Crippen LogP contribution in [0.1, 0.15) is 26.7 Å². The summed E-state index contributed by atoms with van der Waals surface area (Å²) >= 11 is 0. The standard InChI is InChI=1S/C16H18N4O7S/c1-8-9(5-4-6-10(8)15(22)23)13(28(17,24)25)14(21)20-16-18-11(26-2)7-12(19-16)27-3/h4-7,13H,1-3H3,(H,22,23)(H2,17,24,25)(H,18,19,20,21). The number of carboxylic acids is 1. The zero-order valence-corrected chi connectivity index (χ0v) is 16.0. The number of aromatic nitrogens is 2. The van der Waals surface area contributed by atoms with E-state index in [1.165, 1.54) is 45.4 Å². The Morgan fingerprint density at radius 2 is 1.75 bits per heavy atom. The number of rotatable bonds is 7. The molecule has 4 N–H and O–H groups in total. The van der Waals surface area contributed by atoms with E-state index in [1.54, 1.807) is 0 Å². The second-order valence-electron chi connectivity index (χ2n) is 5.56. The van der Waals surface area contributed by atoms with Crippen LogP contribution >= 0.6 is 0 Å². The summed E-state index contributed by atoms with van der Waals surface area (Å²) in [5.41, 5.74) is -0.138. The van der Waals surface area contributed by atoms with E-state index in [-0.39, 0.29) is 34.4 Å². The van der Waals surface area contributed by atoms with E-state index >= 15 is 0 Å². The number of benzene rings is 1. The summed E-state index contributed by atoms with van der Waals surface area (Å²) in [5, 5.41) is 14.8. The van der Waals surface area contributed by atoms with E-state index < -0.39 is 27.1 Å². The van der Waals surface area contributed by atoms with Crippen LogP contribution in [0, 0.1) is 6.92 Å². The quantitative estimate of drug-likeness (QED) is 0.586. The second-order valence-corrected chi connectivity index (χ2v) is 7.21. The molecule has 1 aromatic heterocycles. The van der Waals surface area contributed by atoms with Crippen LogP contribution in [0.15, 0.2) is 24.3 Å². The smallest absolute Gasteiger partial charge is 0.335 e. The molecule has 1 amide bonds. The highest BCUT2D eigenvalue weighted by Crippen LogP contribution is 2.28. The summed E-state index contributed by atoms with van der Waals surface area (Å²) in [6.45, 7) is 1.38. The molecule has 0 saturated heterocycles. The Kier molecular flexibility index (Phi) is 6.16. The minimum Gasteiger partial charge on any atom is -0.481 e. The highest BCUT2D eigenvalue weighted by Gasteiger charge is 2.34. The number of carbonyl (C=O) groups is 2. The molecule has 12 heteroatoms. The normalized spacial score (nSPS) is 12.1. The lowest BCUT2D eigenvalue weighted by molar-refractivity contribution is -0.116. The van der Waals surface area contributed by atoms with Gasteiger partial charge in [-0.2, -0.15) is 9.97 Å². The van der Waals surface area contributed by atoms with Gasteiger partial charge in [0, 0.05) is 0 Å². The fourth-order valence-electron chi connectivity index (χ4n) is 2.48. The largest absolute Gasteiger partial charge is 0.481 e. The molecule has 0 fully saturated rings. The van der Waals surface area contributed by atoms with Crippen molar-refractivity contribution in [3.8, 4) is 11.8 Å². The molecule has 0 saturated carbocycles. The van der Waals surface area contributed by atoms with Crippen LogP contribution in [0.3, 0.4) is 0 Å². The maximum absolute atomic E-state index is 12.7. The zero-order chi connectivity index (χ0) is 21.1. The van der Waals surface area contributed by atoms with Crippen LogP contribution in [0.2, 0.25) is 0 Å². The Balaban J connectivity index is 2.50. The second kappa shape index (κ2) is 8.19. The van der Waals surface area contributed by atoms with Crippen LogP contribution < -0.4 is 19.9 Å². The molecular formula is C16H18N4O7S. The Labute approximate surface area is 160 Å². The fourth-order valence-corrected chi connectivity index (χ4v) is 3.45. The first kappa shape index (κ1) is 21.1. The van der Waals surface area contributed by atoms with Gasteiger partial charge in [-0.15, -0.1) is 0 Å². The van der Waals surface area contributed by atoms with Crippen LogP contribution in [0.5, 0.6) is 11.8 Å². The van der Waals surface area contributed by atoms with Gasteiger partial charge in [-0.05, 0) is 24.1 Å². The van der Waals surface area contributed by atoms with Gasteiger partial charge in [-0.1, -0.05) is 12.1 Å². The van der Waals surface area contributed by atoms with Gasteiger partial charge >= 0.3 is 5.97 Å². The predicted octanol–water partition coefficient (Wildman–Crippen LogP) is 0.469. The molecule has 150 valence electrons. The number of aromatic carboxylic acids is 1. The van der Waals surface area contributed by atoms with Crippen molar-refractivity contribution in [2.24, 2.45) is 5.14 Å². The van der Waals surface area contributed by atoms with E-state index in [4.69, 9.17) is 14.6 Å². The highest BCUT2D eigenvalue weighted by atomic mass is 32.2. The van der Waals surface area contributed by atoms with Gasteiger partial charge in [-0.25, -0.2) is 18.4 Å². The summed E-state index contributed by atoms with van der Waals surface area (Å²) in [4.78, 5) is 31.8. The first-order chi connectivity index (χ1) is 13.1. The van der Waals surface area contributed by atoms with Gasteiger partial charge < -0.3 is 14.6 Å².